The van der Waals surface area contributed by atoms with Crippen molar-refractivity contribution in [2.24, 2.45) is 0 Å². The van der Waals surface area contributed by atoms with Crippen LogP contribution in [0, 0.1) is 15.3 Å². The number of carbonyl (C=O) groups excluding carboxylic acids is 2. The Morgan fingerprint density at radius 2 is 1.69 bits per heavy atom. The minimum atomic E-state index is -0.841. The number of ether oxygens (including phenoxy) is 2. The Morgan fingerprint density at radius 1 is 1.06 bits per heavy atom. The van der Waals surface area contributed by atoms with E-state index in [1.807, 2.05) is 22.6 Å². The summed E-state index contributed by atoms with van der Waals surface area (Å²) in [4.78, 5) is 34.9. The number of halogens is 3. The van der Waals surface area contributed by atoms with Crippen LogP contribution in [-0.4, -0.2) is 54.6 Å². The fourth-order valence-corrected chi connectivity index (χ4v) is 4.36. The molecule has 0 radical (unpaired) electrons. The average Bonchev–Trinajstić information content (AvgIpc) is 3.07. The summed E-state index contributed by atoms with van der Waals surface area (Å²) in [5, 5.41) is 4.16. The lowest BCUT2D eigenvalue weighted by Gasteiger charge is -2.31. The van der Waals surface area contributed by atoms with E-state index in [0.29, 0.717) is 9.26 Å². The molecule has 0 atom stereocenters. The first-order valence-corrected chi connectivity index (χ1v) is 12.3. The Kier molecular flexibility index (Phi) is 6.69. The molecule has 12 heteroatoms. The van der Waals surface area contributed by atoms with Gasteiger partial charge >= 0.3 is 12.2 Å². The third-order valence-corrected chi connectivity index (χ3v) is 5.96. The number of rotatable bonds is 1. The van der Waals surface area contributed by atoms with Gasteiger partial charge in [-0.1, -0.05) is 0 Å². The number of fused-ring (bicyclic) bond motifs is 2. The summed E-state index contributed by atoms with van der Waals surface area (Å²) in [5.74, 6) is -1.85. The minimum Gasteiger partial charge on any atom is -0.444 e. The van der Waals surface area contributed by atoms with Crippen molar-refractivity contribution in [2.45, 2.75) is 65.7 Å². The van der Waals surface area contributed by atoms with E-state index in [0.717, 1.165) is 4.68 Å². The lowest BCUT2D eigenvalue weighted by atomic mass is 9.95. The van der Waals surface area contributed by atoms with E-state index in [-0.39, 0.29) is 41.9 Å². The number of amides is 1. The Labute approximate surface area is 220 Å². The quantitative estimate of drug-likeness (QED) is 0.337. The van der Waals surface area contributed by atoms with Crippen molar-refractivity contribution in [3.8, 4) is 11.4 Å². The first kappa shape index (κ1) is 26.2. The Bertz CT molecular complexity index is 1380. The Balaban J connectivity index is 1.72. The number of benzene rings is 1. The van der Waals surface area contributed by atoms with E-state index in [1.165, 1.54) is 17.2 Å². The molecule has 0 spiro atoms. The second kappa shape index (κ2) is 9.20. The summed E-state index contributed by atoms with van der Waals surface area (Å²) in [6.07, 6.45) is 0.269. The molecule has 3 aromatic rings. The van der Waals surface area contributed by atoms with Crippen LogP contribution < -0.4 is 0 Å². The van der Waals surface area contributed by atoms with Gasteiger partial charge in [-0.3, -0.25) is 0 Å². The fourth-order valence-electron chi connectivity index (χ4n) is 3.75. The van der Waals surface area contributed by atoms with Crippen molar-refractivity contribution in [3.05, 3.63) is 38.7 Å². The number of hydrogen-bond donors (Lipinski definition) is 0. The highest BCUT2D eigenvalue weighted by Gasteiger charge is 2.31. The maximum Gasteiger partial charge on any atom is 0.435 e. The van der Waals surface area contributed by atoms with Gasteiger partial charge in [0, 0.05) is 12.1 Å². The van der Waals surface area contributed by atoms with Gasteiger partial charge in [-0.15, -0.1) is 0 Å². The highest BCUT2D eigenvalue weighted by Crippen LogP contribution is 2.33. The molecule has 0 bridgehead atoms. The molecule has 192 valence electrons. The summed E-state index contributed by atoms with van der Waals surface area (Å²) >= 11 is 1.88. The molecule has 0 unspecified atom stereocenters. The van der Waals surface area contributed by atoms with Crippen molar-refractivity contribution >= 4 is 45.8 Å². The Morgan fingerprint density at radius 3 is 2.33 bits per heavy atom. The molecule has 3 heterocycles. The summed E-state index contributed by atoms with van der Waals surface area (Å²) in [7, 11) is 0. The first-order chi connectivity index (χ1) is 16.6. The van der Waals surface area contributed by atoms with Gasteiger partial charge in [-0.2, -0.15) is 9.78 Å². The third kappa shape index (κ3) is 5.27. The number of nitrogens with zero attached hydrogens (tertiary/aromatic N) is 5. The molecule has 1 aliphatic heterocycles. The summed E-state index contributed by atoms with van der Waals surface area (Å²) in [6, 6.07) is 1.25. The molecular weight excluding hydrogens is 587 g/mol. The van der Waals surface area contributed by atoms with Gasteiger partial charge in [0.15, 0.2) is 5.82 Å². The van der Waals surface area contributed by atoms with E-state index in [4.69, 9.17) is 9.47 Å². The number of aromatic nitrogens is 4. The average molecular weight is 613 g/mol. The second-order valence-electron chi connectivity index (χ2n) is 10.4. The van der Waals surface area contributed by atoms with Gasteiger partial charge in [0.2, 0.25) is 0 Å². The zero-order valence-electron chi connectivity index (χ0n) is 20.8. The molecule has 0 fully saturated rings. The molecule has 0 N–H and O–H groups in total. The van der Waals surface area contributed by atoms with Gasteiger partial charge in [-0.05, 0) is 82.2 Å². The summed E-state index contributed by atoms with van der Waals surface area (Å²) in [5.41, 5.74) is -0.709. The molecule has 1 aromatic carbocycles. The molecule has 2 aromatic heterocycles. The van der Waals surface area contributed by atoms with Crippen LogP contribution >= 0.6 is 22.6 Å². The van der Waals surface area contributed by atoms with E-state index < -0.39 is 40.6 Å². The van der Waals surface area contributed by atoms with Crippen molar-refractivity contribution < 1.29 is 27.8 Å². The van der Waals surface area contributed by atoms with Crippen LogP contribution in [0.15, 0.2) is 12.3 Å². The highest BCUT2D eigenvalue weighted by molar-refractivity contribution is 14.1. The van der Waals surface area contributed by atoms with Crippen LogP contribution in [0.2, 0.25) is 0 Å². The normalized spacial score (nSPS) is 14.1. The number of hydrogen-bond acceptors (Lipinski definition) is 7. The molecular formula is C24H26F2IN5O4. The van der Waals surface area contributed by atoms with Crippen molar-refractivity contribution in [3.63, 3.8) is 0 Å². The topological polar surface area (TPSA) is 99.4 Å². The standard InChI is InChI=1S/C24H26F2IN5O4/c1-23(2,3)35-21(33)31-8-7-12-9-14(25)16(17(26)13(12)11-31)20-28-10-15-18(29-20)19(27)30-32(15)22(34)36-24(4,5)6/h9-10H,7-8,11H2,1-6H3. The van der Waals surface area contributed by atoms with Gasteiger partial charge in [0.1, 0.15) is 37.6 Å². The van der Waals surface area contributed by atoms with Gasteiger partial charge < -0.3 is 14.4 Å². The zero-order valence-corrected chi connectivity index (χ0v) is 22.9. The van der Waals surface area contributed by atoms with E-state index >= 15 is 8.78 Å². The Hall–Kier alpha value is -2.90. The van der Waals surface area contributed by atoms with Crippen LogP contribution in [0.1, 0.15) is 52.7 Å². The first-order valence-electron chi connectivity index (χ1n) is 11.3. The monoisotopic (exact) mass is 613 g/mol. The molecule has 0 aliphatic carbocycles. The summed E-state index contributed by atoms with van der Waals surface area (Å²) in [6.45, 7) is 10.6. The largest absolute Gasteiger partial charge is 0.444 e. The maximum absolute atomic E-state index is 15.7. The van der Waals surface area contributed by atoms with Gasteiger partial charge in [0.05, 0.1) is 18.3 Å². The van der Waals surface area contributed by atoms with Crippen LogP contribution in [0.3, 0.4) is 0 Å². The predicted molar refractivity (Wildman–Crippen MR) is 135 cm³/mol. The third-order valence-electron chi connectivity index (χ3n) is 5.23. The number of carbonyl (C=O) groups is 2. The van der Waals surface area contributed by atoms with Crippen molar-refractivity contribution in [1.82, 2.24) is 24.6 Å². The molecule has 0 saturated heterocycles. The molecule has 9 nitrogen and oxygen atoms in total. The van der Waals surface area contributed by atoms with Crippen LogP contribution in [-0.2, 0) is 22.4 Å². The lowest BCUT2D eigenvalue weighted by Crippen LogP contribution is -2.40. The minimum absolute atomic E-state index is 0.0697. The molecule has 4 rings (SSSR count). The van der Waals surface area contributed by atoms with E-state index in [9.17, 15) is 9.59 Å². The van der Waals surface area contributed by atoms with Crippen LogP contribution in [0.25, 0.3) is 22.4 Å². The molecule has 1 aliphatic rings. The highest BCUT2D eigenvalue weighted by atomic mass is 127. The van der Waals surface area contributed by atoms with E-state index in [2.05, 4.69) is 15.1 Å². The van der Waals surface area contributed by atoms with Crippen molar-refractivity contribution in [1.29, 1.82) is 0 Å². The maximum atomic E-state index is 15.7. The van der Waals surface area contributed by atoms with Gasteiger partial charge in [0.25, 0.3) is 0 Å². The SMILES string of the molecule is CC(C)(C)OC(=O)N1CCc2cc(F)c(-c3ncc4c(n3)c(I)nn4C(=O)OC(C)(C)C)c(F)c2C1. The van der Waals surface area contributed by atoms with Crippen LogP contribution in [0.4, 0.5) is 18.4 Å². The lowest BCUT2D eigenvalue weighted by molar-refractivity contribution is 0.0221. The molecule has 0 saturated carbocycles. The van der Waals surface area contributed by atoms with Crippen LogP contribution in [0.5, 0.6) is 0 Å². The fraction of sp³-hybridized carbons (Fsp3) is 0.458. The van der Waals surface area contributed by atoms with Crippen molar-refractivity contribution in [2.75, 3.05) is 6.54 Å². The zero-order chi connectivity index (χ0) is 26.6. The predicted octanol–water partition coefficient (Wildman–Crippen LogP) is 5.45. The van der Waals surface area contributed by atoms with Gasteiger partial charge in [-0.25, -0.2) is 28.3 Å². The second-order valence-corrected chi connectivity index (χ2v) is 11.5. The van der Waals surface area contributed by atoms with E-state index in [1.54, 1.807) is 41.5 Å². The summed E-state index contributed by atoms with van der Waals surface area (Å²) < 4.78 is 42.9. The molecule has 36 heavy (non-hydrogen) atoms. The molecule has 1 amide bonds. The smallest absolute Gasteiger partial charge is 0.435 e.